The number of benzene rings is 1. The van der Waals surface area contributed by atoms with Crippen LogP contribution in [0.4, 0.5) is 0 Å². The monoisotopic (exact) mass is 223 g/mol. The van der Waals surface area contributed by atoms with Crippen LogP contribution >= 0.6 is 11.6 Å². The molecule has 0 unspecified atom stereocenters. The molecule has 2 rings (SSSR count). The van der Waals surface area contributed by atoms with Crippen molar-refractivity contribution in [1.82, 2.24) is 4.98 Å². The van der Waals surface area contributed by atoms with Crippen LogP contribution in [-0.4, -0.2) is 10.1 Å². The maximum atomic E-state index is 9.10. The first-order valence-corrected chi connectivity index (χ1v) is 4.91. The molecule has 1 aromatic heterocycles. The molecule has 0 fully saturated rings. The number of aromatic nitrogens is 1. The summed E-state index contributed by atoms with van der Waals surface area (Å²) >= 11 is 5.78. The third kappa shape index (κ3) is 2.03. The smallest absolute Gasteiger partial charge is 0.192 e. The van der Waals surface area contributed by atoms with E-state index in [2.05, 4.69) is 4.98 Å². The molecule has 0 radical (unpaired) electrons. The molecule has 0 saturated heterocycles. The number of hydrogen-bond donors (Lipinski definition) is 1. The van der Waals surface area contributed by atoms with E-state index >= 15 is 0 Å². The Labute approximate surface area is 92.3 Å². The van der Waals surface area contributed by atoms with Crippen LogP contribution in [0, 0.1) is 6.92 Å². The highest BCUT2D eigenvalue weighted by atomic mass is 35.5. The van der Waals surface area contributed by atoms with Gasteiger partial charge in [0.2, 0.25) is 0 Å². The lowest BCUT2D eigenvalue weighted by molar-refractivity contribution is 0.277. The second kappa shape index (κ2) is 4.04. The number of aliphatic hydroxyl groups is 1. The first-order chi connectivity index (χ1) is 7.20. The molecule has 0 aliphatic rings. The highest BCUT2D eigenvalue weighted by Crippen LogP contribution is 2.26. The van der Waals surface area contributed by atoms with Gasteiger partial charge in [0.25, 0.3) is 0 Å². The molecule has 0 aliphatic heterocycles. The predicted molar refractivity (Wildman–Crippen MR) is 57.6 cm³/mol. The van der Waals surface area contributed by atoms with Crippen LogP contribution in [0.3, 0.4) is 0 Å². The van der Waals surface area contributed by atoms with Crippen molar-refractivity contribution in [2.75, 3.05) is 0 Å². The van der Waals surface area contributed by atoms with Crippen LogP contribution in [0.1, 0.15) is 11.6 Å². The lowest BCUT2D eigenvalue weighted by Crippen LogP contribution is -1.86. The van der Waals surface area contributed by atoms with E-state index < -0.39 is 0 Å². The van der Waals surface area contributed by atoms with E-state index in [1.807, 2.05) is 12.1 Å². The van der Waals surface area contributed by atoms with E-state index in [0.717, 1.165) is 5.56 Å². The second-order valence-corrected chi connectivity index (χ2v) is 3.61. The quantitative estimate of drug-likeness (QED) is 0.852. The summed E-state index contributed by atoms with van der Waals surface area (Å²) in [5.74, 6) is 1.15. The number of aryl methyl sites for hydroxylation is 1. The molecule has 0 bridgehead atoms. The summed E-state index contributed by atoms with van der Waals surface area (Å²) in [6.45, 7) is 1.62. The van der Waals surface area contributed by atoms with Gasteiger partial charge in [0, 0.05) is 17.5 Å². The summed E-state index contributed by atoms with van der Waals surface area (Å²) in [6.07, 6.45) is 0. The van der Waals surface area contributed by atoms with Gasteiger partial charge in [0.1, 0.15) is 5.69 Å². The van der Waals surface area contributed by atoms with Gasteiger partial charge in [-0.05, 0) is 24.3 Å². The van der Waals surface area contributed by atoms with Crippen molar-refractivity contribution in [2.45, 2.75) is 13.5 Å². The molecule has 0 spiro atoms. The number of halogens is 1. The number of aliphatic hydroxyl groups excluding tert-OH is 1. The minimum absolute atomic E-state index is 0.130. The maximum Gasteiger partial charge on any atom is 0.192 e. The summed E-state index contributed by atoms with van der Waals surface area (Å²) in [5, 5.41) is 9.77. The molecule has 0 atom stereocenters. The highest BCUT2D eigenvalue weighted by Gasteiger charge is 2.11. The van der Waals surface area contributed by atoms with Crippen LogP contribution in [0.5, 0.6) is 0 Å². The van der Waals surface area contributed by atoms with E-state index in [0.29, 0.717) is 22.4 Å². The van der Waals surface area contributed by atoms with E-state index in [9.17, 15) is 0 Å². The van der Waals surface area contributed by atoms with Crippen LogP contribution in [-0.2, 0) is 6.61 Å². The molecule has 78 valence electrons. The molecule has 4 heteroatoms. The Morgan fingerprint density at radius 1 is 1.33 bits per heavy atom. The van der Waals surface area contributed by atoms with Gasteiger partial charge >= 0.3 is 0 Å². The molecular formula is C11H10ClNO2. The lowest BCUT2D eigenvalue weighted by Gasteiger charge is -1.98. The van der Waals surface area contributed by atoms with Gasteiger partial charge in [0.05, 0.1) is 6.61 Å². The zero-order valence-electron chi connectivity index (χ0n) is 8.20. The Hall–Kier alpha value is -1.32. The molecule has 0 saturated carbocycles. The number of rotatable bonds is 2. The average molecular weight is 224 g/mol. The minimum Gasteiger partial charge on any atom is -0.441 e. The number of hydrogen-bond acceptors (Lipinski definition) is 3. The molecule has 1 N–H and O–H groups in total. The summed E-state index contributed by atoms with van der Waals surface area (Å²) < 4.78 is 5.42. The fourth-order valence-corrected chi connectivity index (χ4v) is 1.53. The Balaban J connectivity index is 2.48. The Kier molecular flexibility index (Phi) is 2.75. The largest absolute Gasteiger partial charge is 0.441 e. The SMILES string of the molecule is Cc1nc(CO)c(-c2ccc(Cl)cc2)o1. The van der Waals surface area contributed by atoms with Crippen LogP contribution in [0.2, 0.25) is 5.02 Å². The van der Waals surface area contributed by atoms with Gasteiger partial charge in [-0.1, -0.05) is 11.6 Å². The van der Waals surface area contributed by atoms with Gasteiger partial charge in [-0.2, -0.15) is 0 Å². The fraction of sp³-hybridized carbons (Fsp3) is 0.182. The van der Waals surface area contributed by atoms with Gasteiger partial charge in [-0.15, -0.1) is 0 Å². The van der Waals surface area contributed by atoms with Crippen molar-refractivity contribution in [3.63, 3.8) is 0 Å². The molecule has 15 heavy (non-hydrogen) atoms. The zero-order valence-corrected chi connectivity index (χ0v) is 8.95. The molecule has 2 aromatic rings. The summed E-state index contributed by atoms with van der Waals surface area (Å²) in [4.78, 5) is 4.08. The fourth-order valence-electron chi connectivity index (χ4n) is 1.40. The first-order valence-electron chi connectivity index (χ1n) is 4.54. The Morgan fingerprint density at radius 3 is 2.60 bits per heavy atom. The van der Waals surface area contributed by atoms with Crippen molar-refractivity contribution < 1.29 is 9.52 Å². The van der Waals surface area contributed by atoms with Crippen molar-refractivity contribution in [2.24, 2.45) is 0 Å². The molecular weight excluding hydrogens is 214 g/mol. The zero-order chi connectivity index (χ0) is 10.8. The third-order valence-corrected chi connectivity index (χ3v) is 2.31. The number of nitrogens with zero attached hydrogens (tertiary/aromatic N) is 1. The van der Waals surface area contributed by atoms with E-state index in [4.69, 9.17) is 21.1 Å². The normalized spacial score (nSPS) is 10.6. The first kappa shape index (κ1) is 10.2. The predicted octanol–water partition coefficient (Wildman–Crippen LogP) is 2.80. The van der Waals surface area contributed by atoms with Gasteiger partial charge in [-0.3, -0.25) is 0 Å². The van der Waals surface area contributed by atoms with Crippen LogP contribution in [0.25, 0.3) is 11.3 Å². The van der Waals surface area contributed by atoms with E-state index in [-0.39, 0.29) is 6.61 Å². The average Bonchev–Trinajstić information content (AvgIpc) is 2.61. The highest BCUT2D eigenvalue weighted by molar-refractivity contribution is 6.30. The summed E-state index contributed by atoms with van der Waals surface area (Å²) in [6, 6.07) is 7.22. The second-order valence-electron chi connectivity index (χ2n) is 3.17. The van der Waals surface area contributed by atoms with Gasteiger partial charge in [-0.25, -0.2) is 4.98 Å². The van der Waals surface area contributed by atoms with Crippen molar-refractivity contribution >= 4 is 11.6 Å². The molecule has 0 amide bonds. The standard InChI is InChI=1S/C11H10ClNO2/c1-7-13-10(6-14)11(15-7)8-2-4-9(12)5-3-8/h2-5,14H,6H2,1H3. The Morgan fingerprint density at radius 2 is 2.00 bits per heavy atom. The van der Waals surface area contributed by atoms with E-state index in [1.54, 1.807) is 19.1 Å². The Bertz CT molecular complexity index is 462. The summed E-state index contributed by atoms with van der Waals surface area (Å²) in [5.41, 5.74) is 1.42. The lowest BCUT2D eigenvalue weighted by atomic mass is 10.1. The topological polar surface area (TPSA) is 46.3 Å². The van der Waals surface area contributed by atoms with Crippen LogP contribution in [0.15, 0.2) is 28.7 Å². The van der Waals surface area contributed by atoms with Crippen LogP contribution < -0.4 is 0 Å². The maximum absolute atomic E-state index is 9.10. The van der Waals surface area contributed by atoms with Crippen molar-refractivity contribution in [3.8, 4) is 11.3 Å². The molecule has 1 heterocycles. The number of oxazole rings is 1. The van der Waals surface area contributed by atoms with Crippen molar-refractivity contribution in [3.05, 3.63) is 40.9 Å². The van der Waals surface area contributed by atoms with E-state index in [1.165, 1.54) is 0 Å². The minimum atomic E-state index is -0.130. The van der Waals surface area contributed by atoms with Gasteiger partial charge < -0.3 is 9.52 Å². The molecule has 1 aromatic carbocycles. The van der Waals surface area contributed by atoms with Gasteiger partial charge in [0.15, 0.2) is 11.7 Å². The molecule has 3 nitrogen and oxygen atoms in total. The molecule has 0 aliphatic carbocycles. The summed E-state index contributed by atoms with van der Waals surface area (Å²) in [7, 11) is 0. The third-order valence-electron chi connectivity index (χ3n) is 2.06. The van der Waals surface area contributed by atoms with Crippen molar-refractivity contribution in [1.29, 1.82) is 0 Å².